The number of hydrogen-bond donors (Lipinski definition) is 2. The number of hydrogen-bond acceptors (Lipinski definition) is 6. The highest BCUT2D eigenvalue weighted by atomic mass is 32.1. The highest BCUT2D eigenvalue weighted by molar-refractivity contribution is 7.19. The van der Waals surface area contributed by atoms with Gasteiger partial charge in [0.1, 0.15) is 17.2 Å². The number of carbonyl (C=O) groups excluding carboxylic acids is 1. The Hall–Kier alpha value is -2.75. The summed E-state index contributed by atoms with van der Waals surface area (Å²) in [7, 11) is 0. The number of ether oxygens (including phenoxy) is 1. The normalized spacial score (nSPS) is 20.7. The van der Waals surface area contributed by atoms with Gasteiger partial charge >= 0.3 is 0 Å². The third-order valence-corrected chi connectivity index (χ3v) is 10.2. The molecule has 0 aromatic carbocycles. The quantitative estimate of drug-likeness (QED) is 0.403. The van der Waals surface area contributed by atoms with Gasteiger partial charge in [0.2, 0.25) is 5.91 Å². The number of nitrogens with zero attached hydrogens (tertiary/aromatic N) is 4. The molecule has 0 bridgehead atoms. The van der Waals surface area contributed by atoms with Crippen LogP contribution in [-0.4, -0.2) is 69.3 Å². The molecule has 8 nitrogen and oxygen atoms in total. The van der Waals surface area contributed by atoms with E-state index in [4.69, 9.17) is 4.74 Å². The molecular weight excluding hydrogens is 496 g/mol. The monoisotopic (exact) mass is 532 g/mol. The van der Waals surface area contributed by atoms with Gasteiger partial charge in [-0.3, -0.25) is 4.79 Å². The summed E-state index contributed by atoms with van der Waals surface area (Å²) < 4.78 is 7.48. The Balaban J connectivity index is 1.21. The van der Waals surface area contributed by atoms with Crippen LogP contribution in [0, 0.1) is 6.92 Å². The van der Waals surface area contributed by atoms with Crippen molar-refractivity contribution in [3.8, 4) is 11.3 Å². The second-order valence-corrected chi connectivity index (χ2v) is 12.5. The fourth-order valence-corrected chi connectivity index (χ4v) is 8.39. The van der Waals surface area contributed by atoms with Crippen molar-refractivity contribution in [3.05, 3.63) is 39.7 Å². The summed E-state index contributed by atoms with van der Waals surface area (Å²) in [6.45, 7) is 10.5. The van der Waals surface area contributed by atoms with E-state index < -0.39 is 0 Å². The van der Waals surface area contributed by atoms with Gasteiger partial charge in [-0.2, -0.15) is 5.10 Å². The number of piperidine rings is 1. The molecule has 1 atom stereocenters. The molecular formula is C29H36N6O2S. The van der Waals surface area contributed by atoms with E-state index in [0.717, 1.165) is 51.0 Å². The Labute approximate surface area is 226 Å². The Morgan fingerprint density at radius 3 is 2.79 bits per heavy atom. The molecule has 1 aliphatic carbocycles. The number of H-pyrrole nitrogens is 1. The molecule has 0 spiro atoms. The topological polar surface area (TPSA) is 87.5 Å². The molecule has 0 unspecified atom stereocenters. The highest BCUT2D eigenvalue weighted by Gasteiger charge is 2.33. The minimum atomic E-state index is -0.188. The van der Waals surface area contributed by atoms with Crippen LogP contribution in [-0.2, 0) is 22.4 Å². The first-order valence-corrected chi connectivity index (χ1v) is 14.9. The van der Waals surface area contributed by atoms with Gasteiger partial charge in [-0.05, 0) is 67.6 Å². The van der Waals surface area contributed by atoms with E-state index in [1.54, 1.807) is 6.33 Å². The van der Waals surface area contributed by atoms with Gasteiger partial charge in [0.25, 0.3) is 0 Å². The second-order valence-electron chi connectivity index (χ2n) is 11.4. The standard InChI is InChI=1S/C29H36N6O2S/c1-16(2)23-24-17(3)26(18-7-10-34(11-8-18)29(36)22-14-37-12-9-30-22)38-28(24)33-25(23)21-13-35-27(31-15-32-35)20-6-4-5-19(20)21/h13,15-16,18,22,30,33H,4-12,14H2,1-3H3/t22-/m0/s1. The number of pyridine rings is 1. The van der Waals surface area contributed by atoms with Crippen LogP contribution in [0.1, 0.15) is 72.1 Å². The van der Waals surface area contributed by atoms with E-state index in [1.807, 2.05) is 20.8 Å². The fourth-order valence-electron chi connectivity index (χ4n) is 7.00. The third kappa shape index (κ3) is 3.81. The highest BCUT2D eigenvalue weighted by Crippen LogP contribution is 2.47. The van der Waals surface area contributed by atoms with Crippen molar-refractivity contribution in [2.45, 2.75) is 70.8 Å². The molecule has 38 heavy (non-hydrogen) atoms. The Bertz CT molecular complexity index is 1520. The lowest BCUT2D eigenvalue weighted by molar-refractivity contribution is -0.137. The molecule has 1 amide bonds. The SMILES string of the molecule is Cc1c(C2CCN(C(=O)[C@@H]3COCCN3)CC2)sc2[nH]c(-c3cn4ncnc4c4c3CCC4)c(C(C)C)c12. The number of likely N-dealkylation sites (tertiary alicyclic amines) is 1. The van der Waals surface area contributed by atoms with Crippen molar-refractivity contribution in [2.24, 2.45) is 0 Å². The summed E-state index contributed by atoms with van der Waals surface area (Å²) >= 11 is 1.93. The Morgan fingerprint density at radius 1 is 1.21 bits per heavy atom. The van der Waals surface area contributed by atoms with Crippen LogP contribution in [0.25, 0.3) is 27.1 Å². The molecule has 2 aliphatic heterocycles. The lowest BCUT2D eigenvalue weighted by Crippen LogP contribution is -2.53. The number of nitrogens with one attached hydrogen (secondary N) is 2. The molecule has 2 saturated heterocycles. The maximum atomic E-state index is 13.0. The summed E-state index contributed by atoms with van der Waals surface area (Å²) in [5.74, 6) is 1.09. The maximum Gasteiger partial charge on any atom is 0.242 e. The number of carbonyl (C=O) groups is 1. The smallest absolute Gasteiger partial charge is 0.242 e. The molecule has 200 valence electrons. The lowest BCUT2D eigenvalue weighted by Gasteiger charge is -2.35. The minimum absolute atomic E-state index is 0.188. The number of rotatable bonds is 4. The van der Waals surface area contributed by atoms with Crippen LogP contribution in [0.3, 0.4) is 0 Å². The van der Waals surface area contributed by atoms with Crippen molar-refractivity contribution < 1.29 is 9.53 Å². The van der Waals surface area contributed by atoms with Crippen molar-refractivity contribution >= 4 is 33.1 Å². The number of thiophene rings is 1. The zero-order valence-electron chi connectivity index (χ0n) is 22.5. The van der Waals surface area contributed by atoms with Gasteiger partial charge in [0.05, 0.1) is 18.9 Å². The molecule has 2 N–H and O–H groups in total. The van der Waals surface area contributed by atoms with E-state index in [-0.39, 0.29) is 11.9 Å². The van der Waals surface area contributed by atoms with Crippen LogP contribution < -0.4 is 5.32 Å². The first-order valence-electron chi connectivity index (χ1n) is 14.1. The molecule has 0 radical (unpaired) electrons. The Kier molecular flexibility index (Phi) is 6.05. The van der Waals surface area contributed by atoms with Gasteiger partial charge < -0.3 is 19.9 Å². The second kappa shape index (κ2) is 9.47. The largest absolute Gasteiger partial charge is 0.378 e. The lowest BCUT2D eigenvalue weighted by atomic mass is 9.89. The average molecular weight is 533 g/mol. The number of aryl methyl sites for hydroxylation is 2. The van der Waals surface area contributed by atoms with Crippen molar-refractivity contribution in [2.75, 3.05) is 32.8 Å². The van der Waals surface area contributed by atoms with Gasteiger partial charge in [0, 0.05) is 47.2 Å². The van der Waals surface area contributed by atoms with Gasteiger partial charge in [-0.1, -0.05) is 13.8 Å². The predicted molar refractivity (Wildman–Crippen MR) is 150 cm³/mol. The van der Waals surface area contributed by atoms with Crippen LogP contribution in [0.5, 0.6) is 0 Å². The van der Waals surface area contributed by atoms with Crippen molar-refractivity contribution in [1.82, 2.24) is 29.8 Å². The van der Waals surface area contributed by atoms with E-state index in [2.05, 4.69) is 47.4 Å². The van der Waals surface area contributed by atoms with Crippen LogP contribution in [0.2, 0.25) is 0 Å². The Morgan fingerprint density at radius 2 is 2.03 bits per heavy atom. The number of aromatic amines is 1. The van der Waals surface area contributed by atoms with Gasteiger partial charge in [0.15, 0.2) is 5.65 Å². The van der Waals surface area contributed by atoms with E-state index >= 15 is 0 Å². The molecule has 2 fully saturated rings. The number of morpholine rings is 1. The zero-order valence-corrected chi connectivity index (χ0v) is 23.3. The number of aromatic nitrogens is 4. The first kappa shape index (κ1) is 24.3. The van der Waals surface area contributed by atoms with Crippen molar-refractivity contribution in [3.63, 3.8) is 0 Å². The molecule has 0 saturated carbocycles. The number of fused-ring (bicyclic) bond motifs is 4. The minimum Gasteiger partial charge on any atom is -0.378 e. The first-order chi connectivity index (χ1) is 18.5. The third-order valence-electron chi connectivity index (χ3n) is 8.84. The maximum absolute atomic E-state index is 13.0. The zero-order chi connectivity index (χ0) is 26.0. The summed E-state index contributed by atoms with van der Waals surface area (Å²) in [5.41, 5.74) is 9.20. The van der Waals surface area contributed by atoms with E-state index in [0.29, 0.717) is 25.0 Å². The fraction of sp³-hybridized carbons (Fsp3) is 0.552. The van der Waals surface area contributed by atoms with Crippen LogP contribution in [0.15, 0.2) is 12.5 Å². The van der Waals surface area contributed by atoms with Crippen LogP contribution in [0.4, 0.5) is 0 Å². The van der Waals surface area contributed by atoms with Crippen molar-refractivity contribution in [1.29, 1.82) is 0 Å². The van der Waals surface area contributed by atoms with E-state index in [9.17, 15) is 4.79 Å². The summed E-state index contributed by atoms with van der Waals surface area (Å²) in [6.07, 6.45) is 9.24. The summed E-state index contributed by atoms with van der Waals surface area (Å²) in [5, 5.41) is 9.21. The van der Waals surface area contributed by atoms with Gasteiger partial charge in [-0.15, -0.1) is 11.3 Å². The summed E-state index contributed by atoms with van der Waals surface area (Å²) in [4.78, 5) is 26.2. The molecule has 4 aromatic heterocycles. The predicted octanol–water partition coefficient (Wildman–Crippen LogP) is 4.55. The van der Waals surface area contributed by atoms with Crippen LogP contribution >= 0.6 is 11.3 Å². The average Bonchev–Trinajstić information content (AvgIpc) is 3.72. The molecule has 6 heterocycles. The molecule has 4 aromatic rings. The van der Waals surface area contributed by atoms with E-state index in [1.165, 1.54) is 55.0 Å². The molecule has 9 heteroatoms. The molecule has 3 aliphatic rings. The van der Waals surface area contributed by atoms with Gasteiger partial charge in [-0.25, -0.2) is 9.50 Å². The number of amides is 1. The summed E-state index contributed by atoms with van der Waals surface area (Å²) in [6, 6.07) is -0.188. The molecule has 7 rings (SSSR count).